The Hall–Kier alpha value is -1.26. The maximum Gasteiger partial charge on any atom is 0.246 e. The van der Waals surface area contributed by atoms with Crippen LogP contribution >= 0.6 is 22.9 Å². The Kier molecular flexibility index (Phi) is 4.55. The molecule has 7 nitrogen and oxygen atoms in total. The molecule has 0 unspecified atom stereocenters. The molecular weight excluding hydrogens is 322 g/mol. The maximum absolute atomic E-state index is 12.3. The lowest BCUT2D eigenvalue weighted by molar-refractivity contribution is 0.469. The number of anilines is 1. The van der Waals surface area contributed by atoms with E-state index in [9.17, 15) is 8.42 Å². The van der Waals surface area contributed by atoms with Gasteiger partial charge in [0, 0.05) is 18.5 Å². The smallest absolute Gasteiger partial charge is 0.246 e. The Balaban J connectivity index is 2.19. The molecule has 20 heavy (non-hydrogen) atoms. The van der Waals surface area contributed by atoms with Crippen molar-refractivity contribution >= 4 is 38.9 Å². The first-order valence-electron chi connectivity index (χ1n) is 5.42. The summed E-state index contributed by atoms with van der Waals surface area (Å²) in [7, 11) is -2.17. The highest BCUT2D eigenvalue weighted by Crippen LogP contribution is 2.24. The van der Waals surface area contributed by atoms with Gasteiger partial charge in [-0.3, -0.25) is 5.43 Å². The highest BCUT2D eigenvalue weighted by atomic mass is 35.5. The number of sulfonamides is 1. The fraction of sp³-hybridized carbons (Fsp3) is 0.200. The van der Waals surface area contributed by atoms with E-state index in [1.165, 1.54) is 35.1 Å². The fourth-order valence-electron chi connectivity index (χ4n) is 1.45. The average molecular weight is 334 g/mol. The summed E-state index contributed by atoms with van der Waals surface area (Å²) in [5, 5.41) is 0. The molecule has 0 spiro atoms. The first kappa shape index (κ1) is 15.1. The van der Waals surface area contributed by atoms with Crippen molar-refractivity contribution in [2.24, 2.45) is 5.84 Å². The summed E-state index contributed by atoms with van der Waals surface area (Å²) >= 11 is 7.16. The van der Waals surface area contributed by atoms with Crippen LogP contribution in [0, 0.1) is 0 Å². The molecule has 0 atom stereocenters. The normalized spacial score (nSPS) is 11.8. The molecule has 108 valence electrons. The lowest BCUT2D eigenvalue weighted by Crippen LogP contribution is -2.26. The van der Waals surface area contributed by atoms with Gasteiger partial charge in [0.2, 0.25) is 16.0 Å². The average Bonchev–Trinajstić information content (AvgIpc) is 2.84. The Morgan fingerprint density at radius 3 is 2.55 bits per heavy atom. The number of hydrogen-bond donors (Lipinski definition) is 2. The third-order valence-corrected chi connectivity index (χ3v) is 5.44. The molecule has 2 heterocycles. The minimum absolute atomic E-state index is 0.00153. The van der Waals surface area contributed by atoms with Crippen LogP contribution < -0.4 is 11.3 Å². The summed E-state index contributed by atoms with van der Waals surface area (Å²) in [6.45, 7) is 0.233. The third kappa shape index (κ3) is 3.25. The number of aromatic nitrogens is 2. The molecule has 0 saturated heterocycles. The second-order valence-electron chi connectivity index (χ2n) is 3.85. The van der Waals surface area contributed by atoms with Crippen LogP contribution in [0.2, 0.25) is 4.34 Å². The number of nitrogens with zero attached hydrogens (tertiary/aromatic N) is 3. The van der Waals surface area contributed by atoms with Gasteiger partial charge in [0.25, 0.3) is 0 Å². The molecule has 0 aromatic carbocycles. The van der Waals surface area contributed by atoms with Gasteiger partial charge in [0.1, 0.15) is 4.90 Å². The number of thiophene rings is 1. The topological polar surface area (TPSA) is 101 Å². The molecule has 2 aromatic heterocycles. The standard InChI is InChI=1S/C10H12ClN5O2S2/c1-16(6-7-2-3-9(11)19-7)20(17,18)8-4-13-10(15-12)14-5-8/h2-5H,6,12H2,1H3,(H,13,14,15). The molecule has 0 fully saturated rings. The van der Waals surface area contributed by atoms with Crippen molar-refractivity contribution in [1.29, 1.82) is 0 Å². The number of nitrogens with one attached hydrogen (secondary N) is 1. The minimum atomic E-state index is -3.65. The van der Waals surface area contributed by atoms with E-state index in [1.807, 2.05) is 0 Å². The summed E-state index contributed by atoms with van der Waals surface area (Å²) in [6.07, 6.45) is 2.41. The van der Waals surface area contributed by atoms with Crippen LogP contribution in [0.4, 0.5) is 5.95 Å². The van der Waals surface area contributed by atoms with Gasteiger partial charge in [0.05, 0.1) is 16.7 Å². The van der Waals surface area contributed by atoms with Crippen molar-refractivity contribution in [2.45, 2.75) is 11.4 Å². The zero-order chi connectivity index (χ0) is 14.8. The quantitative estimate of drug-likeness (QED) is 0.631. The van der Waals surface area contributed by atoms with Gasteiger partial charge in [-0.2, -0.15) is 4.31 Å². The highest BCUT2D eigenvalue weighted by molar-refractivity contribution is 7.89. The number of hydrazine groups is 1. The van der Waals surface area contributed by atoms with E-state index >= 15 is 0 Å². The number of halogens is 1. The monoisotopic (exact) mass is 333 g/mol. The molecule has 0 aliphatic heterocycles. The zero-order valence-corrected chi connectivity index (χ0v) is 12.8. The molecule has 10 heteroatoms. The van der Waals surface area contributed by atoms with Crippen molar-refractivity contribution in [2.75, 3.05) is 12.5 Å². The molecule has 0 saturated carbocycles. The van der Waals surface area contributed by atoms with E-state index in [4.69, 9.17) is 17.4 Å². The largest absolute Gasteiger partial charge is 0.292 e. The molecule has 0 amide bonds. The SMILES string of the molecule is CN(Cc1ccc(Cl)s1)S(=O)(=O)c1cnc(NN)nc1. The Bertz CT molecular complexity index is 686. The van der Waals surface area contributed by atoms with Crippen molar-refractivity contribution in [1.82, 2.24) is 14.3 Å². The van der Waals surface area contributed by atoms with Crippen LogP contribution in [0.3, 0.4) is 0 Å². The van der Waals surface area contributed by atoms with Crippen LogP contribution in [-0.4, -0.2) is 29.7 Å². The van der Waals surface area contributed by atoms with E-state index in [0.717, 1.165) is 4.88 Å². The second kappa shape index (κ2) is 6.02. The van der Waals surface area contributed by atoms with Gasteiger partial charge in [0.15, 0.2) is 0 Å². The lowest BCUT2D eigenvalue weighted by Gasteiger charge is -2.15. The van der Waals surface area contributed by atoms with E-state index in [-0.39, 0.29) is 17.4 Å². The molecule has 3 N–H and O–H groups in total. The van der Waals surface area contributed by atoms with Crippen LogP contribution in [0.25, 0.3) is 0 Å². The number of nitrogens with two attached hydrogens (primary N) is 1. The fourth-order valence-corrected chi connectivity index (χ4v) is 3.71. The van der Waals surface area contributed by atoms with Gasteiger partial charge < -0.3 is 0 Å². The Morgan fingerprint density at radius 2 is 2.05 bits per heavy atom. The zero-order valence-electron chi connectivity index (χ0n) is 10.4. The number of nitrogen functional groups attached to an aromatic ring is 1. The van der Waals surface area contributed by atoms with Crippen molar-refractivity contribution in [3.05, 3.63) is 33.7 Å². The molecule has 0 radical (unpaired) electrons. The molecule has 0 aliphatic rings. The van der Waals surface area contributed by atoms with Crippen molar-refractivity contribution in [3.63, 3.8) is 0 Å². The summed E-state index contributed by atoms with van der Waals surface area (Å²) in [6, 6.07) is 3.52. The van der Waals surface area contributed by atoms with Crippen LogP contribution in [0.5, 0.6) is 0 Å². The Morgan fingerprint density at radius 1 is 1.40 bits per heavy atom. The van der Waals surface area contributed by atoms with Gasteiger partial charge >= 0.3 is 0 Å². The highest BCUT2D eigenvalue weighted by Gasteiger charge is 2.22. The maximum atomic E-state index is 12.3. The number of rotatable bonds is 5. The van der Waals surface area contributed by atoms with E-state index < -0.39 is 10.0 Å². The molecular formula is C10H12ClN5O2S2. The summed E-state index contributed by atoms with van der Waals surface area (Å²) in [4.78, 5) is 8.42. The van der Waals surface area contributed by atoms with Gasteiger partial charge in [-0.15, -0.1) is 11.3 Å². The number of hydrogen-bond acceptors (Lipinski definition) is 7. The van der Waals surface area contributed by atoms with Gasteiger partial charge in [-0.25, -0.2) is 24.2 Å². The minimum Gasteiger partial charge on any atom is -0.292 e. The predicted octanol–water partition coefficient (Wildman–Crippen LogP) is 1.30. The van der Waals surface area contributed by atoms with E-state index in [2.05, 4.69) is 15.4 Å². The first-order valence-corrected chi connectivity index (χ1v) is 8.06. The second-order valence-corrected chi connectivity index (χ2v) is 7.70. The van der Waals surface area contributed by atoms with E-state index in [0.29, 0.717) is 4.34 Å². The third-order valence-electron chi connectivity index (χ3n) is 2.47. The molecule has 0 bridgehead atoms. The van der Waals surface area contributed by atoms with Crippen LogP contribution in [0.15, 0.2) is 29.4 Å². The molecule has 2 aromatic rings. The van der Waals surface area contributed by atoms with Gasteiger partial charge in [-0.05, 0) is 12.1 Å². The van der Waals surface area contributed by atoms with Crippen molar-refractivity contribution < 1.29 is 8.42 Å². The van der Waals surface area contributed by atoms with Crippen LogP contribution in [0.1, 0.15) is 4.88 Å². The molecule has 0 aliphatic carbocycles. The summed E-state index contributed by atoms with van der Waals surface area (Å²) in [5.41, 5.74) is 2.23. The van der Waals surface area contributed by atoms with Gasteiger partial charge in [-0.1, -0.05) is 11.6 Å². The van der Waals surface area contributed by atoms with E-state index in [1.54, 1.807) is 12.1 Å². The summed E-state index contributed by atoms with van der Waals surface area (Å²) < 4.78 is 26.4. The predicted molar refractivity (Wildman–Crippen MR) is 77.8 cm³/mol. The van der Waals surface area contributed by atoms with Crippen molar-refractivity contribution in [3.8, 4) is 0 Å². The van der Waals surface area contributed by atoms with Crippen LogP contribution in [-0.2, 0) is 16.6 Å². The first-order chi connectivity index (χ1) is 9.43. The lowest BCUT2D eigenvalue weighted by atomic mass is 10.5. The summed E-state index contributed by atoms with van der Waals surface area (Å²) in [5.74, 6) is 5.28. The molecule has 2 rings (SSSR count). The Labute approximate surface area is 125 Å².